The van der Waals surface area contributed by atoms with E-state index < -0.39 is 0 Å². The number of nitrogens with one attached hydrogen (secondary N) is 2. The third-order valence-electron chi connectivity index (χ3n) is 5.83. The molecule has 0 bridgehead atoms. The summed E-state index contributed by atoms with van der Waals surface area (Å²) in [7, 11) is 1.63. The third kappa shape index (κ3) is 4.72. The minimum Gasteiger partial charge on any atom is -0.355 e. The fraction of sp³-hybridized carbons (Fsp3) is 0.650. The second-order valence-corrected chi connectivity index (χ2v) is 7.86. The number of aromatic nitrogens is 1. The van der Waals surface area contributed by atoms with Gasteiger partial charge in [0.05, 0.1) is 11.6 Å². The van der Waals surface area contributed by atoms with Crippen LogP contribution in [0.2, 0.25) is 0 Å². The van der Waals surface area contributed by atoms with Gasteiger partial charge in [0, 0.05) is 38.2 Å². The first-order valence-electron chi connectivity index (χ1n) is 9.73. The van der Waals surface area contributed by atoms with Gasteiger partial charge in [0.1, 0.15) is 5.82 Å². The number of nitrogens with zero attached hydrogens (tertiary/aromatic N) is 2. The molecule has 0 radical (unpaired) electrons. The lowest BCUT2D eigenvalue weighted by molar-refractivity contribution is -0.125. The van der Waals surface area contributed by atoms with Gasteiger partial charge in [0.2, 0.25) is 5.91 Å². The second kappa shape index (κ2) is 9.40. The predicted molar refractivity (Wildman–Crippen MR) is 109 cm³/mol. The summed E-state index contributed by atoms with van der Waals surface area (Å²) in [6.07, 6.45) is 6.06. The van der Waals surface area contributed by atoms with Gasteiger partial charge in [-0.05, 0) is 30.9 Å². The van der Waals surface area contributed by atoms with Crippen molar-refractivity contribution in [1.29, 1.82) is 0 Å². The topological polar surface area (TPSA) is 74.3 Å². The molecule has 1 aliphatic carbocycles. The van der Waals surface area contributed by atoms with Crippen LogP contribution in [0.5, 0.6) is 0 Å². The molecule has 2 N–H and O–H groups in total. The third-order valence-corrected chi connectivity index (χ3v) is 5.83. The van der Waals surface area contributed by atoms with Crippen LogP contribution >= 0.6 is 12.4 Å². The van der Waals surface area contributed by atoms with Crippen LogP contribution in [0, 0.1) is 17.8 Å². The number of amides is 2. The van der Waals surface area contributed by atoms with Crippen LogP contribution in [-0.2, 0) is 4.79 Å². The Morgan fingerprint density at radius 1 is 1.22 bits per heavy atom. The lowest BCUT2D eigenvalue weighted by Crippen LogP contribution is -2.44. The average Bonchev–Trinajstić information content (AvgIpc) is 3.31. The largest absolute Gasteiger partial charge is 0.355 e. The Labute approximate surface area is 167 Å². The molecular formula is C20H31ClN4O2. The SMILES string of the molecule is CNC(=O)c1cccnc1N1C[C@H](NC(=O)C2CCCC2)[C@@H](C(C)C)C1.Cl. The van der Waals surface area contributed by atoms with E-state index in [1.54, 1.807) is 25.4 Å². The van der Waals surface area contributed by atoms with Gasteiger partial charge >= 0.3 is 0 Å². The predicted octanol–water partition coefficient (Wildman–Crippen LogP) is 2.63. The molecule has 0 spiro atoms. The van der Waals surface area contributed by atoms with Gasteiger partial charge in [0.15, 0.2) is 0 Å². The van der Waals surface area contributed by atoms with E-state index in [4.69, 9.17) is 0 Å². The lowest BCUT2D eigenvalue weighted by Gasteiger charge is -2.24. The molecule has 2 amide bonds. The van der Waals surface area contributed by atoms with E-state index in [-0.39, 0.29) is 36.2 Å². The summed E-state index contributed by atoms with van der Waals surface area (Å²) in [4.78, 5) is 31.4. The maximum Gasteiger partial charge on any atom is 0.254 e. The molecule has 150 valence electrons. The number of carbonyl (C=O) groups excluding carboxylic acids is 2. The highest BCUT2D eigenvalue weighted by molar-refractivity contribution is 5.98. The first-order valence-corrected chi connectivity index (χ1v) is 9.73. The minimum absolute atomic E-state index is 0. The fourth-order valence-corrected chi connectivity index (χ4v) is 4.28. The Kier molecular flexibility index (Phi) is 7.48. The van der Waals surface area contributed by atoms with Gasteiger partial charge in [-0.15, -0.1) is 12.4 Å². The van der Waals surface area contributed by atoms with Crippen LogP contribution in [0.15, 0.2) is 18.3 Å². The van der Waals surface area contributed by atoms with Crippen LogP contribution in [0.25, 0.3) is 0 Å². The van der Waals surface area contributed by atoms with Crippen LogP contribution in [0.1, 0.15) is 49.9 Å². The van der Waals surface area contributed by atoms with Gasteiger partial charge in [-0.25, -0.2) is 4.98 Å². The molecule has 2 fully saturated rings. The van der Waals surface area contributed by atoms with Crippen molar-refractivity contribution in [3.05, 3.63) is 23.9 Å². The molecule has 2 heterocycles. The number of pyridine rings is 1. The molecule has 3 rings (SSSR count). The van der Waals surface area contributed by atoms with Gasteiger partial charge < -0.3 is 15.5 Å². The van der Waals surface area contributed by atoms with Gasteiger partial charge in [0.25, 0.3) is 5.91 Å². The first-order chi connectivity index (χ1) is 12.5. The van der Waals surface area contributed by atoms with Crippen molar-refractivity contribution in [2.75, 3.05) is 25.0 Å². The van der Waals surface area contributed by atoms with Crippen molar-refractivity contribution in [2.45, 2.75) is 45.6 Å². The molecule has 6 nitrogen and oxygen atoms in total. The lowest BCUT2D eigenvalue weighted by atomic mass is 9.91. The average molecular weight is 395 g/mol. The second-order valence-electron chi connectivity index (χ2n) is 7.86. The van der Waals surface area contributed by atoms with Crippen molar-refractivity contribution in [2.24, 2.45) is 17.8 Å². The Morgan fingerprint density at radius 3 is 2.56 bits per heavy atom. The zero-order valence-electron chi connectivity index (χ0n) is 16.4. The maximum atomic E-state index is 12.6. The molecule has 0 aromatic carbocycles. The van der Waals surface area contributed by atoms with Crippen molar-refractivity contribution in [1.82, 2.24) is 15.6 Å². The molecular weight excluding hydrogens is 364 g/mol. The zero-order chi connectivity index (χ0) is 18.7. The van der Waals surface area contributed by atoms with E-state index in [1.165, 1.54) is 0 Å². The van der Waals surface area contributed by atoms with Crippen LogP contribution in [0.4, 0.5) is 5.82 Å². The number of anilines is 1. The first kappa shape index (κ1) is 21.5. The Hall–Kier alpha value is -1.82. The van der Waals surface area contributed by atoms with E-state index in [2.05, 4.69) is 34.4 Å². The smallest absolute Gasteiger partial charge is 0.254 e. The van der Waals surface area contributed by atoms with Gasteiger partial charge in [-0.1, -0.05) is 26.7 Å². The molecule has 1 saturated carbocycles. The molecule has 1 aromatic rings. The minimum atomic E-state index is -0.132. The molecule has 1 saturated heterocycles. The van der Waals surface area contributed by atoms with Gasteiger partial charge in [-0.2, -0.15) is 0 Å². The highest BCUT2D eigenvalue weighted by Crippen LogP contribution is 2.31. The Balaban J connectivity index is 0.00000261. The molecule has 1 aliphatic heterocycles. The van der Waals surface area contributed by atoms with E-state index in [9.17, 15) is 9.59 Å². The van der Waals surface area contributed by atoms with Gasteiger partial charge in [-0.3, -0.25) is 9.59 Å². The molecule has 7 heteroatoms. The number of rotatable bonds is 5. The van der Waals surface area contributed by atoms with E-state index in [0.717, 1.165) is 32.2 Å². The summed E-state index contributed by atoms with van der Waals surface area (Å²) in [6.45, 7) is 5.89. The number of hydrogen-bond acceptors (Lipinski definition) is 4. The monoisotopic (exact) mass is 394 g/mol. The van der Waals surface area contributed by atoms with Crippen LogP contribution in [-0.4, -0.2) is 43.0 Å². The number of hydrogen-bond donors (Lipinski definition) is 2. The summed E-state index contributed by atoms with van der Waals surface area (Å²) >= 11 is 0. The molecule has 27 heavy (non-hydrogen) atoms. The molecule has 0 unspecified atom stereocenters. The van der Waals surface area contributed by atoms with Crippen molar-refractivity contribution in [3.8, 4) is 0 Å². The summed E-state index contributed by atoms with van der Waals surface area (Å²) in [5.41, 5.74) is 0.584. The number of halogens is 1. The summed E-state index contributed by atoms with van der Waals surface area (Å²) in [6, 6.07) is 3.68. The quantitative estimate of drug-likeness (QED) is 0.805. The summed E-state index contributed by atoms with van der Waals surface area (Å²) in [5, 5.41) is 5.99. The highest BCUT2D eigenvalue weighted by Gasteiger charge is 2.38. The maximum absolute atomic E-state index is 12.6. The standard InChI is InChI=1S/C20H30N4O2.ClH/c1-13(2)16-11-24(18-15(20(26)21-3)9-6-10-22-18)12-17(16)23-19(25)14-7-4-5-8-14;/h6,9-10,13-14,16-17H,4-5,7-8,11-12H2,1-3H3,(H,21,26)(H,23,25);1H/t16-,17+;/m1./s1. The summed E-state index contributed by atoms with van der Waals surface area (Å²) < 4.78 is 0. The van der Waals surface area contributed by atoms with Crippen LogP contribution in [0.3, 0.4) is 0 Å². The normalized spacial score (nSPS) is 22.6. The van der Waals surface area contributed by atoms with E-state index in [1.807, 2.05) is 0 Å². The van der Waals surface area contributed by atoms with Crippen LogP contribution < -0.4 is 15.5 Å². The highest BCUT2D eigenvalue weighted by atomic mass is 35.5. The molecule has 2 atom stereocenters. The number of carbonyl (C=O) groups is 2. The summed E-state index contributed by atoms with van der Waals surface area (Å²) in [5.74, 6) is 1.74. The Bertz CT molecular complexity index is 661. The van der Waals surface area contributed by atoms with Crippen molar-refractivity contribution < 1.29 is 9.59 Å². The van der Waals surface area contributed by atoms with Crippen molar-refractivity contribution in [3.63, 3.8) is 0 Å². The zero-order valence-corrected chi connectivity index (χ0v) is 17.2. The molecule has 2 aliphatic rings. The van der Waals surface area contributed by atoms with E-state index in [0.29, 0.717) is 29.8 Å². The fourth-order valence-electron chi connectivity index (χ4n) is 4.28. The molecule has 1 aromatic heterocycles. The van der Waals surface area contributed by atoms with E-state index >= 15 is 0 Å². The van der Waals surface area contributed by atoms with Crippen molar-refractivity contribution >= 4 is 30.0 Å². The Morgan fingerprint density at radius 2 is 1.93 bits per heavy atom.